The topological polar surface area (TPSA) is 52.6 Å². The van der Waals surface area contributed by atoms with Gasteiger partial charge in [0.05, 0.1) is 0 Å². The molecule has 0 radical (unpaired) electrons. The minimum absolute atomic E-state index is 0.0607. The van der Waals surface area contributed by atoms with Crippen molar-refractivity contribution in [3.63, 3.8) is 0 Å². The molecular formula is C42H76O4. The predicted molar refractivity (Wildman–Crippen MR) is 193 cm³/mol. The molecule has 0 saturated heterocycles. The lowest BCUT2D eigenvalue weighted by Gasteiger charge is -2.49. The molecule has 10 saturated carbocycles. The molecule has 46 heavy (non-hydrogen) atoms. The van der Waals surface area contributed by atoms with E-state index in [-0.39, 0.29) is 23.1 Å². The molecule has 0 unspecified atom stereocenters. The number of esters is 2. The Bertz CT molecular complexity index is 695. The van der Waals surface area contributed by atoms with Gasteiger partial charge >= 0.3 is 11.9 Å². The number of ether oxygens (including phenoxy) is 2. The van der Waals surface area contributed by atoms with Crippen molar-refractivity contribution < 1.29 is 19.1 Å². The smallest absolute Gasteiger partial charge is 0.306 e. The third-order valence-corrected chi connectivity index (χ3v) is 12.6. The van der Waals surface area contributed by atoms with Crippen LogP contribution < -0.4 is 0 Å². The van der Waals surface area contributed by atoms with Gasteiger partial charge in [0.1, 0.15) is 11.2 Å². The Hall–Kier alpha value is -1.06. The number of carbonyl (C=O) groups excluding carboxylic acids is 2. The van der Waals surface area contributed by atoms with Gasteiger partial charge in [-0.1, -0.05) is 41.5 Å². The number of hydrogen-bond donors (Lipinski definition) is 0. The molecule has 0 heterocycles. The molecule has 10 aliphatic rings. The number of carbonyl (C=O) groups is 2. The standard InChI is InChI=1S/2C10H16.2C9H16O2.2C2H6/c2*1-7-2-9-4-8(1)5-10(3-7)6-9;2*1-3-8(10)11-9(2)6-4-5-7-9;2*1-2/h2*7-10H,1-6H2;2*3-7H2,1-2H3;2*1-2H3. The molecule has 0 aromatic rings. The highest BCUT2D eigenvalue weighted by atomic mass is 16.6. The second kappa shape index (κ2) is 19.2. The molecule has 0 atom stereocenters. The van der Waals surface area contributed by atoms with E-state index >= 15 is 0 Å². The van der Waals surface area contributed by atoms with Crippen LogP contribution in [0.15, 0.2) is 0 Å². The van der Waals surface area contributed by atoms with Crippen LogP contribution in [0.2, 0.25) is 0 Å². The zero-order valence-corrected chi connectivity index (χ0v) is 31.8. The quantitative estimate of drug-likeness (QED) is 0.286. The van der Waals surface area contributed by atoms with E-state index in [1.807, 2.05) is 55.4 Å². The van der Waals surface area contributed by atoms with Crippen LogP contribution in [0.3, 0.4) is 0 Å². The van der Waals surface area contributed by atoms with Gasteiger partial charge in [0, 0.05) is 12.8 Å². The maximum Gasteiger partial charge on any atom is 0.306 e. The predicted octanol–water partition coefficient (Wildman–Crippen LogP) is 12.3. The van der Waals surface area contributed by atoms with Gasteiger partial charge in [0.15, 0.2) is 0 Å². The van der Waals surface area contributed by atoms with Crippen molar-refractivity contribution in [2.24, 2.45) is 47.3 Å². The average Bonchev–Trinajstić information content (AvgIpc) is 3.66. The SMILES string of the molecule is C1C2CC3CC1CC(C2)C3.C1C2CC3CC1CC(C2)C3.CC.CC.CCC(=O)OC1(C)CCCC1.CCC(=O)OC1(C)CCCC1. The summed E-state index contributed by atoms with van der Waals surface area (Å²) in [6.07, 6.45) is 29.2. The van der Waals surface area contributed by atoms with Crippen LogP contribution in [0.4, 0.5) is 0 Å². The summed E-state index contributed by atoms with van der Waals surface area (Å²) in [5, 5.41) is 0. The lowest BCUT2D eigenvalue weighted by molar-refractivity contribution is -0.158. The minimum atomic E-state index is -0.132. The Labute approximate surface area is 285 Å². The maximum atomic E-state index is 11.0. The number of rotatable bonds is 4. The Morgan fingerprint density at radius 1 is 0.435 bits per heavy atom. The first-order valence-corrected chi connectivity index (χ1v) is 20.6. The van der Waals surface area contributed by atoms with Crippen molar-refractivity contribution in [1.29, 1.82) is 0 Å². The fourth-order valence-corrected chi connectivity index (χ4v) is 11.1. The molecule has 0 amide bonds. The van der Waals surface area contributed by atoms with Gasteiger partial charge in [0.2, 0.25) is 0 Å². The first kappa shape index (κ1) is 39.4. The van der Waals surface area contributed by atoms with Gasteiger partial charge in [-0.15, -0.1) is 0 Å². The van der Waals surface area contributed by atoms with Crippen LogP contribution in [0.1, 0.15) is 197 Å². The van der Waals surface area contributed by atoms with Crippen molar-refractivity contribution >= 4 is 11.9 Å². The van der Waals surface area contributed by atoms with Crippen LogP contribution in [0.25, 0.3) is 0 Å². The Morgan fingerprint density at radius 3 is 0.761 bits per heavy atom. The van der Waals surface area contributed by atoms with Gasteiger partial charge < -0.3 is 9.47 Å². The van der Waals surface area contributed by atoms with Crippen molar-refractivity contribution in [2.45, 2.75) is 208 Å². The van der Waals surface area contributed by atoms with Crippen molar-refractivity contribution in [3.8, 4) is 0 Å². The summed E-state index contributed by atoms with van der Waals surface area (Å²) in [6.45, 7) is 15.7. The van der Waals surface area contributed by atoms with Crippen molar-refractivity contribution in [2.75, 3.05) is 0 Å². The molecule has 268 valence electrons. The second-order valence-electron chi connectivity index (χ2n) is 16.7. The van der Waals surface area contributed by atoms with E-state index in [1.54, 1.807) is 77.0 Å². The number of hydrogen-bond acceptors (Lipinski definition) is 4. The van der Waals surface area contributed by atoms with Gasteiger partial charge in [-0.05, 0) is 190 Å². The summed E-state index contributed by atoms with van der Waals surface area (Å²) >= 11 is 0. The molecular weight excluding hydrogens is 568 g/mol. The first-order valence-electron chi connectivity index (χ1n) is 20.6. The third-order valence-electron chi connectivity index (χ3n) is 12.6. The van der Waals surface area contributed by atoms with E-state index in [9.17, 15) is 9.59 Å². The lowest BCUT2D eigenvalue weighted by atomic mass is 9.56. The molecule has 8 bridgehead atoms. The highest BCUT2D eigenvalue weighted by Gasteiger charge is 2.43. The fraction of sp³-hybridized carbons (Fsp3) is 0.952. The molecule has 10 aliphatic carbocycles. The third kappa shape index (κ3) is 12.1. The van der Waals surface area contributed by atoms with Gasteiger partial charge in [-0.3, -0.25) is 9.59 Å². The molecule has 0 spiro atoms. The highest BCUT2D eigenvalue weighted by Crippen LogP contribution is 2.54. The first-order chi connectivity index (χ1) is 22.1. The Balaban J connectivity index is 0.000000161. The molecule has 4 nitrogen and oxygen atoms in total. The van der Waals surface area contributed by atoms with Crippen LogP contribution in [-0.2, 0) is 19.1 Å². The zero-order valence-electron chi connectivity index (χ0n) is 31.8. The Kier molecular flexibility index (Phi) is 16.4. The van der Waals surface area contributed by atoms with Crippen molar-refractivity contribution in [3.05, 3.63) is 0 Å². The molecule has 4 heteroatoms. The highest BCUT2D eigenvalue weighted by molar-refractivity contribution is 5.69. The summed E-state index contributed by atoms with van der Waals surface area (Å²) in [6, 6.07) is 0. The van der Waals surface area contributed by atoms with E-state index in [1.165, 1.54) is 73.0 Å². The maximum absolute atomic E-state index is 11.0. The molecule has 0 aliphatic heterocycles. The monoisotopic (exact) mass is 645 g/mol. The van der Waals surface area contributed by atoms with E-state index in [2.05, 4.69) is 0 Å². The van der Waals surface area contributed by atoms with Crippen LogP contribution >= 0.6 is 0 Å². The van der Waals surface area contributed by atoms with Gasteiger partial charge in [-0.2, -0.15) is 0 Å². The summed E-state index contributed by atoms with van der Waals surface area (Å²) in [5.74, 6) is 9.30. The van der Waals surface area contributed by atoms with Gasteiger partial charge in [0.25, 0.3) is 0 Å². The summed E-state index contributed by atoms with van der Waals surface area (Å²) in [4.78, 5) is 21.9. The molecule has 0 aromatic carbocycles. The molecule has 10 fully saturated rings. The van der Waals surface area contributed by atoms with E-state index in [0.717, 1.165) is 25.7 Å². The fourth-order valence-electron chi connectivity index (χ4n) is 11.1. The van der Waals surface area contributed by atoms with Crippen molar-refractivity contribution in [1.82, 2.24) is 0 Å². The normalized spacial score (nSPS) is 35.7. The van der Waals surface area contributed by atoms with Crippen LogP contribution in [0.5, 0.6) is 0 Å². The zero-order chi connectivity index (χ0) is 33.7. The van der Waals surface area contributed by atoms with E-state index in [0.29, 0.717) is 12.8 Å². The van der Waals surface area contributed by atoms with E-state index < -0.39 is 0 Å². The van der Waals surface area contributed by atoms with Crippen LogP contribution in [-0.4, -0.2) is 23.1 Å². The summed E-state index contributed by atoms with van der Waals surface area (Å²) in [5.41, 5.74) is -0.264. The average molecular weight is 645 g/mol. The Morgan fingerprint density at radius 2 is 0.609 bits per heavy atom. The second-order valence-corrected chi connectivity index (χ2v) is 16.7. The molecule has 10 rings (SSSR count). The minimum Gasteiger partial charge on any atom is -0.459 e. The van der Waals surface area contributed by atoms with Crippen LogP contribution in [0, 0.1) is 47.3 Å². The molecule has 0 N–H and O–H groups in total. The van der Waals surface area contributed by atoms with E-state index in [4.69, 9.17) is 9.47 Å². The van der Waals surface area contributed by atoms with Gasteiger partial charge in [-0.25, -0.2) is 0 Å². The summed E-state index contributed by atoms with van der Waals surface area (Å²) in [7, 11) is 0. The summed E-state index contributed by atoms with van der Waals surface area (Å²) < 4.78 is 10.6. The lowest BCUT2D eigenvalue weighted by Crippen LogP contribution is -2.38. The largest absolute Gasteiger partial charge is 0.459 e. The molecule has 0 aromatic heterocycles.